The molecule has 0 aliphatic rings. The number of halogens is 1. The number of aryl methyl sites for hydroxylation is 1. The standard InChI is InChI=1S/C18H19IN2OSSi/c1-12-8-10-13(11-9-12)21-17(22)14-6-5-7-15(19)16(14)20-18(21)23-24(2,3)4/h5-11H,1-4H3. The maximum Gasteiger partial charge on any atom is 0.266 e. The molecule has 0 bridgehead atoms. The molecule has 0 aliphatic heterocycles. The van der Waals surface area contributed by atoms with E-state index in [-0.39, 0.29) is 5.56 Å². The lowest BCUT2D eigenvalue weighted by Crippen LogP contribution is -2.25. The van der Waals surface area contributed by atoms with E-state index in [1.807, 2.05) is 49.4 Å². The van der Waals surface area contributed by atoms with Gasteiger partial charge in [0.15, 0.2) is 5.16 Å². The van der Waals surface area contributed by atoms with Crippen LogP contribution in [0.1, 0.15) is 5.56 Å². The summed E-state index contributed by atoms with van der Waals surface area (Å²) in [6, 6.07) is 13.8. The number of fused-ring (bicyclic) bond motifs is 1. The second kappa shape index (κ2) is 6.65. The van der Waals surface area contributed by atoms with Crippen molar-refractivity contribution in [1.82, 2.24) is 9.55 Å². The Kier molecular flexibility index (Phi) is 4.90. The van der Waals surface area contributed by atoms with Gasteiger partial charge in [-0.3, -0.25) is 9.36 Å². The molecule has 6 heteroatoms. The molecular weight excluding hydrogens is 447 g/mol. The highest BCUT2D eigenvalue weighted by atomic mass is 127. The fraction of sp³-hybridized carbons (Fsp3) is 0.222. The topological polar surface area (TPSA) is 34.9 Å². The van der Waals surface area contributed by atoms with Crippen LogP contribution >= 0.6 is 33.8 Å². The summed E-state index contributed by atoms with van der Waals surface area (Å²) in [6.45, 7) is 8.85. The van der Waals surface area contributed by atoms with E-state index in [0.717, 1.165) is 19.9 Å². The fourth-order valence-corrected chi connectivity index (χ4v) is 6.06. The van der Waals surface area contributed by atoms with E-state index >= 15 is 0 Å². The van der Waals surface area contributed by atoms with Gasteiger partial charge in [0.1, 0.15) is 7.22 Å². The summed E-state index contributed by atoms with van der Waals surface area (Å²) in [4.78, 5) is 18.1. The number of hydrogen-bond donors (Lipinski definition) is 0. The average molecular weight is 466 g/mol. The van der Waals surface area contributed by atoms with Gasteiger partial charge >= 0.3 is 0 Å². The van der Waals surface area contributed by atoms with E-state index in [1.165, 1.54) is 5.56 Å². The molecule has 24 heavy (non-hydrogen) atoms. The summed E-state index contributed by atoms with van der Waals surface area (Å²) in [5, 5.41) is 1.46. The van der Waals surface area contributed by atoms with Crippen LogP contribution in [0.3, 0.4) is 0 Å². The minimum absolute atomic E-state index is 0.00289. The molecule has 0 fully saturated rings. The molecule has 0 spiro atoms. The molecule has 3 aromatic rings. The molecule has 0 saturated carbocycles. The number of aromatic nitrogens is 2. The molecule has 0 unspecified atom stereocenters. The van der Waals surface area contributed by atoms with Crippen LogP contribution in [-0.4, -0.2) is 16.8 Å². The van der Waals surface area contributed by atoms with Crippen LogP contribution in [0.4, 0.5) is 0 Å². The normalized spacial score (nSPS) is 11.9. The van der Waals surface area contributed by atoms with Crippen molar-refractivity contribution < 1.29 is 0 Å². The molecule has 0 saturated heterocycles. The molecule has 0 aliphatic carbocycles. The van der Waals surface area contributed by atoms with Gasteiger partial charge in [-0.05, 0) is 53.8 Å². The van der Waals surface area contributed by atoms with Crippen molar-refractivity contribution in [1.29, 1.82) is 0 Å². The van der Waals surface area contributed by atoms with Gasteiger partial charge in [-0.25, -0.2) is 4.98 Å². The summed E-state index contributed by atoms with van der Waals surface area (Å²) in [6.07, 6.45) is 0. The van der Waals surface area contributed by atoms with Crippen LogP contribution in [0, 0.1) is 10.5 Å². The lowest BCUT2D eigenvalue weighted by molar-refractivity contribution is 0.822. The third kappa shape index (κ3) is 3.60. The molecular formula is C18H19IN2OSSi. The fourth-order valence-electron chi connectivity index (χ4n) is 2.42. The summed E-state index contributed by atoms with van der Waals surface area (Å²) in [5.41, 5.74) is 2.85. The Morgan fingerprint density at radius 1 is 1.08 bits per heavy atom. The predicted molar refractivity (Wildman–Crippen MR) is 114 cm³/mol. The number of hydrogen-bond acceptors (Lipinski definition) is 3. The minimum Gasteiger partial charge on any atom is -0.268 e. The van der Waals surface area contributed by atoms with Crippen LogP contribution in [-0.2, 0) is 0 Å². The third-order valence-electron chi connectivity index (χ3n) is 3.51. The number of rotatable bonds is 3. The lowest BCUT2D eigenvalue weighted by Gasteiger charge is -2.19. The van der Waals surface area contributed by atoms with Crippen molar-refractivity contribution in [3.8, 4) is 5.69 Å². The van der Waals surface area contributed by atoms with Gasteiger partial charge in [0.05, 0.1) is 16.6 Å². The summed E-state index contributed by atoms with van der Waals surface area (Å²) in [7, 11) is -1.51. The zero-order valence-corrected chi connectivity index (χ0v) is 18.1. The quantitative estimate of drug-likeness (QED) is 0.301. The highest BCUT2D eigenvalue weighted by Crippen LogP contribution is 2.30. The highest BCUT2D eigenvalue weighted by Gasteiger charge is 2.22. The first-order chi connectivity index (χ1) is 11.3. The van der Waals surface area contributed by atoms with Gasteiger partial charge in [-0.15, -0.1) is 11.2 Å². The van der Waals surface area contributed by atoms with Crippen LogP contribution in [0.25, 0.3) is 16.6 Å². The second-order valence-corrected chi connectivity index (χ2v) is 17.0. The van der Waals surface area contributed by atoms with Crippen LogP contribution in [0.2, 0.25) is 19.6 Å². The van der Waals surface area contributed by atoms with Crippen molar-refractivity contribution in [2.24, 2.45) is 0 Å². The number of nitrogens with zero attached hydrogens (tertiary/aromatic N) is 2. The van der Waals surface area contributed by atoms with Gasteiger partial charge in [0, 0.05) is 3.57 Å². The molecule has 0 atom stereocenters. The van der Waals surface area contributed by atoms with Crippen LogP contribution in [0.5, 0.6) is 0 Å². The molecule has 0 N–H and O–H groups in total. The van der Waals surface area contributed by atoms with Crippen LogP contribution in [0.15, 0.2) is 52.4 Å². The Morgan fingerprint density at radius 3 is 2.38 bits per heavy atom. The molecule has 1 heterocycles. The smallest absolute Gasteiger partial charge is 0.266 e. The third-order valence-corrected chi connectivity index (χ3v) is 7.83. The predicted octanol–water partition coefficient (Wildman–Crippen LogP) is 5.23. The van der Waals surface area contributed by atoms with Crippen LogP contribution < -0.4 is 5.56 Å². The molecule has 0 amide bonds. The van der Waals surface area contributed by atoms with Crippen molar-refractivity contribution in [2.45, 2.75) is 31.7 Å². The van der Waals surface area contributed by atoms with Crippen molar-refractivity contribution in [3.05, 3.63) is 62.0 Å². The second-order valence-electron chi connectivity index (χ2n) is 6.72. The maximum atomic E-state index is 13.2. The van der Waals surface area contributed by atoms with Gasteiger partial charge in [0.2, 0.25) is 0 Å². The number of benzene rings is 2. The van der Waals surface area contributed by atoms with Crippen molar-refractivity contribution in [3.63, 3.8) is 0 Å². The summed E-state index contributed by atoms with van der Waals surface area (Å²) >= 11 is 4.00. The van der Waals surface area contributed by atoms with Crippen molar-refractivity contribution >= 4 is 51.9 Å². The monoisotopic (exact) mass is 466 g/mol. The Morgan fingerprint density at radius 2 is 1.75 bits per heavy atom. The molecule has 1 aromatic heterocycles. The zero-order chi connectivity index (χ0) is 17.5. The Hall–Kier alpha value is -1.12. The summed E-state index contributed by atoms with van der Waals surface area (Å²) < 4.78 is 2.77. The maximum absolute atomic E-state index is 13.2. The largest absolute Gasteiger partial charge is 0.268 e. The average Bonchev–Trinajstić information content (AvgIpc) is 2.49. The van der Waals surface area contributed by atoms with Gasteiger partial charge in [-0.1, -0.05) is 43.4 Å². The van der Waals surface area contributed by atoms with Gasteiger partial charge < -0.3 is 0 Å². The van der Waals surface area contributed by atoms with Gasteiger partial charge in [0.25, 0.3) is 5.56 Å². The minimum atomic E-state index is -1.51. The van der Waals surface area contributed by atoms with E-state index in [1.54, 1.807) is 15.8 Å². The molecule has 3 nitrogen and oxygen atoms in total. The molecule has 3 rings (SSSR count). The SMILES string of the molecule is Cc1ccc(-n2c(S[Si](C)(C)C)nc3c(I)cccc3c2=O)cc1. The first kappa shape index (κ1) is 17.7. The van der Waals surface area contributed by atoms with Crippen molar-refractivity contribution in [2.75, 3.05) is 0 Å². The van der Waals surface area contributed by atoms with E-state index < -0.39 is 7.22 Å². The Bertz CT molecular complexity index is 962. The Balaban J connectivity index is 2.36. The van der Waals surface area contributed by atoms with E-state index in [9.17, 15) is 4.79 Å². The van der Waals surface area contributed by atoms with E-state index in [2.05, 4.69) is 42.2 Å². The molecule has 0 radical (unpaired) electrons. The number of para-hydroxylation sites is 1. The first-order valence-corrected chi connectivity index (χ1v) is 13.9. The first-order valence-electron chi connectivity index (χ1n) is 7.73. The summed E-state index contributed by atoms with van der Waals surface area (Å²) in [5.74, 6) is 0. The lowest BCUT2D eigenvalue weighted by atomic mass is 10.2. The zero-order valence-electron chi connectivity index (χ0n) is 14.1. The highest BCUT2D eigenvalue weighted by molar-refractivity contribution is 14.1. The van der Waals surface area contributed by atoms with E-state index in [0.29, 0.717) is 5.39 Å². The molecule has 2 aromatic carbocycles. The van der Waals surface area contributed by atoms with Gasteiger partial charge in [-0.2, -0.15) is 0 Å². The Labute approximate surface area is 160 Å². The van der Waals surface area contributed by atoms with E-state index in [4.69, 9.17) is 4.98 Å². The molecule has 124 valence electrons.